The molecule has 0 bridgehead atoms. The van der Waals surface area contributed by atoms with Gasteiger partial charge in [0.1, 0.15) is 5.75 Å². The third-order valence-corrected chi connectivity index (χ3v) is 4.13. The fraction of sp³-hybridized carbons (Fsp3) is 0.562. The van der Waals surface area contributed by atoms with Crippen molar-refractivity contribution in [1.82, 2.24) is 0 Å². The molecule has 0 unspecified atom stereocenters. The second-order valence-corrected chi connectivity index (χ2v) is 6.81. The third kappa shape index (κ3) is 5.49. The van der Waals surface area contributed by atoms with Crippen molar-refractivity contribution >= 4 is 18.9 Å². The van der Waals surface area contributed by atoms with Crippen LogP contribution in [0.2, 0.25) is 0 Å². The van der Waals surface area contributed by atoms with E-state index >= 15 is 0 Å². The Balaban J connectivity index is 0.000000307. The molecule has 0 radical (unpaired) electrons. The van der Waals surface area contributed by atoms with Gasteiger partial charge < -0.3 is 29.8 Å². The van der Waals surface area contributed by atoms with E-state index in [9.17, 15) is 4.79 Å². The van der Waals surface area contributed by atoms with E-state index in [0.717, 1.165) is 11.3 Å². The molecule has 7 nitrogen and oxygen atoms in total. The molecule has 1 heterocycles. The monoisotopic (exact) mass is 339 g/mol. The molecular weight excluding hydrogens is 313 g/mol. The zero-order valence-corrected chi connectivity index (χ0v) is 14.8. The van der Waals surface area contributed by atoms with Crippen molar-refractivity contribution in [3.8, 4) is 5.75 Å². The number of carbonyl (C=O) groups excluding carboxylic acids is 1. The molecule has 0 spiro atoms. The van der Waals surface area contributed by atoms with E-state index in [0.29, 0.717) is 18.6 Å². The number of aliphatic hydroxyl groups is 2. The second kappa shape index (κ2) is 7.52. The first-order valence-electron chi connectivity index (χ1n) is 7.70. The number of amides is 1. The maximum atomic E-state index is 11.4. The van der Waals surface area contributed by atoms with E-state index in [4.69, 9.17) is 24.9 Å². The van der Waals surface area contributed by atoms with Crippen molar-refractivity contribution in [1.29, 1.82) is 0 Å². The fourth-order valence-corrected chi connectivity index (χ4v) is 1.83. The van der Waals surface area contributed by atoms with Crippen molar-refractivity contribution < 1.29 is 29.7 Å². The molecule has 4 N–H and O–H groups in total. The summed E-state index contributed by atoms with van der Waals surface area (Å²) in [5, 5.41) is 35.6. The number of carbonyl (C=O) groups is 1. The fourth-order valence-electron chi connectivity index (χ4n) is 1.83. The van der Waals surface area contributed by atoms with Gasteiger partial charge in [-0.1, -0.05) is 0 Å². The van der Waals surface area contributed by atoms with Crippen molar-refractivity contribution in [3.63, 3.8) is 0 Å². The van der Waals surface area contributed by atoms with Crippen LogP contribution < -0.4 is 9.55 Å². The van der Waals surface area contributed by atoms with E-state index in [-0.39, 0.29) is 5.91 Å². The first-order valence-corrected chi connectivity index (χ1v) is 7.70. The van der Waals surface area contributed by atoms with Crippen molar-refractivity contribution in [2.24, 2.45) is 0 Å². The van der Waals surface area contributed by atoms with Gasteiger partial charge in [-0.25, -0.2) is 0 Å². The molecule has 0 fully saturated rings. The molecule has 1 aromatic rings. The third-order valence-electron chi connectivity index (χ3n) is 4.13. The highest BCUT2D eigenvalue weighted by Gasteiger charge is 2.32. The van der Waals surface area contributed by atoms with E-state index in [1.54, 1.807) is 57.8 Å². The minimum Gasteiger partial charge on any atom is -0.512 e. The first-order chi connectivity index (χ1) is 10.8. The zero-order valence-electron chi connectivity index (χ0n) is 14.8. The summed E-state index contributed by atoms with van der Waals surface area (Å²) in [5.74, 6) is 0.472. The van der Waals surface area contributed by atoms with Gasteiger partial charge in [-0.3, -0.25) is 4.79 Å². The SMILES string of the molecule is CC(C)(O)C(C)(C)O.CN1C(=O)CCc2cc(OB(O)O)ccc21. The number of fused-ring (bicyclic) bond motifs is 1. The highest BCUT2D eigenvalue weighted by atomic mass is 16.6. The van der Waals surface area contributed by atoms with Crippen LogP contribution in [0, 0.1) is 0 Å². The smallest absolute Gasteiger partial charge is 0.512 e. The summed E-state index contributed by atoms with van der Waals surface area (Å²) in [5.41, 5.74) is -0.198. The van der Waals surface area contributed by atoms with E-state index in [1.807, 2.05) is 0 Å². The largest absolute Gasteiger partial charge is 0.707 e. The van der Waals surface area contributed by atoms with Gasteiger partial charge in [-0.15, -0.1) is 0 Å². The molecule has 2 rings (SSSR count). The van der Waals surface area contributed by atoms with Gasteiger partial charge in [0.15, 0.2) is 0 Å². The molecular formula is C16H26BNO6. The molecule has 134 valence electrons. The van der Waals surface area contributed by atoms with Crippen LogP contribution in [0.3, 0.4) is 0 Å². The van der Waals surface area contributed by atoms with E-state index in [2.05, 4.69) is 0 Å². The molecule has 0 aliphatic carbocycles. The summed E-state index contributed by atoms with van der Waals surface area (Å²) in [6.07, 6.45) is 1.12. The van der Waals surface area contributed by atoms with Gasteiger partial charge >= 0.3 is 7.32 Å². The predicted octanol–water partition coefficient (Wildman–Crippen LogP) is 0.472. The van der Waals surface area contributed by atoms with Gasteiger partial charge in [0, 0.05) is 19.2 Å². The lowest BCUT2D eigenvalue weighted by atomic mass is 9.90. The quantitative estimate of drug-likeness (QED) is 0.596. The molecule has 1 aromatic carbocycles. The van der Waals surface area contributed by atoms with Crippen LogP contribution in [-0.2, 0) is 11.2 Å². The van der Waals surface area contributed by atoms with Crippen LogP contribution in [0.4, 0.5) is 5.69 Å². The Morgan fingerprint density at radius 1 is 1.08 bits per heavy atom. The average molecular weight is 339 g/mol. The Hall–Kier alpha value is -1.61. The maximum Gasteiger partial charge on any atom is 0.707 e. The highest BCUT2D eigenvalue weighted by molar-refractivity contribution is 6.33. The molecule has 1 amide bonds. The minimum absolute atomic E-state index is 0.0864. The molecule has 1 aliphatic heterocycles. The number of benzene rings is 1. The number of rotatable bonds is 3. The topological polar surface area (TPSA) is 110 Å². The van der Waals surface area contributed by atoms with Crippen LogP contribution in [0.5, 0.6) is 5.75 Å². The van der Waals surface area contributed by atoms with Crippen LogP contribution in [0.15, 0.2) is 18.2 Å². The maximum absolute atomic E-state index is 11.4. The number of aryl methyl sites for hydroxylation is 1. The Bertz CT molecular complexity index is 565. The predicted molar refractivity (Wildman–Crippen MR) is 91.6 cm³/mol. The highest BCUT2D eigenvalue weighted by Crippen LogP contribution is 2.30. The zero-order chi connectivity index (χ0) is 18.7. The van der Waals surface area contributed by atoms with Crippen LogP contribution in [0.1, 0.15) is 39.7 Å². The van der Waals surface area contributed by atoms with Gasteiger partial charge in [-0.2, -0.15) is 0 Å². The summed E-state index contributed by atoms with van der Waals surface area (Å²) in [7, 11) is -0.0946. The summed E-state index contributed by atoms with van der Waals surface area (Å²) in [4.78, 5) is 13.0. The first kappa shape index (κ1) is 20.4. The molecule has 1 aliphatic rings. The summed E-state index contributed by atoms with van der Waals surface area (Å²) < 4.78 is 4.75. The van der Waals surface area contributed by atoms with E-state index < -0.39 is 18.5 Å². The van der Waals surface area contributed by atoms with Gasteiger partial charge in [-0.05, 0) is 57.9 Å². The van der Waals surface area contributed by atoms with Crippen LogP contribution in [-0.4, -0.2) is 51.7 Å². The Morgan fingerprint density at radius 2 is 1.62 bits per heavy atom. The number of anilines is 1. The normalized spacial score (nSPS) is 14.5. The summed E-state index contributed by atoms with van der Waals surface area (Å²) >= 11 is 0. The number of hydrogen-bond acceptors (Lipinski definition) is 6. The standard InChI is InChI=1S/C10H12BNO4.C6H14O2/c1-12-9-4-3-8(16-11(14)15)6-7(9)2-5-10(12)13;1-5(2,7)6(3,4)8/h3-4,6,14-15H,2,5H2,1H3;7-8H,1-4H3. The summed E-state index contributed by atoms with van der Waals surface area (Å²) in [6.45, 7) is 6.31. The minimum atomic E-state index is -1.82. The van der Waals surface area contributed by atoms with Crippen molar-refractivity contribution in [2.45, 2.75) is 51.7 Å². The summed E-state index contributed by atoms with van der Waals surface area (Å²) in [6, 6.07) is 5.06. The lowest BCUT2D eigenvalue weighted by molar-refractivity contribution is -0.118. The second-order valence-electron chi connectivity index (χ2n) is 6.81. The molecule has 0 saturated heterocycles. The van der Waals surface area contributed by atoms with Crippen molar-refractivity contribution in [3.05, 3.63) is 23.8 Å². The van der Waals surface area contributed by atoms with Gasteiger partial charge in [0.2, 0.25) is 5.91 Å². The lowest BCUT2D eigenvalue weighted by Gasteiger charge is -2.31. The number of nitrogens with zero attached hydrogens (tertiary/aromatic N) is 1. The van der Waals surface area contributed by atoms with Gasteiger partial charge in [0.05, 0.1) is 11.2 Å². The molecule has 24 heavy (non-hydrogen) atoms. The Morgan fingerprint density at radius 3 is 2.08 bits per heavy atom. The Labute approximate surface area is 142 Å². The molecule has 0 aromatic heterocycles. The molecule has 0 atom stereocenters. The van der Waals surface area contributed by atoms with Crippen LogP contribution >= 0.6 is 0 Å². The Kier molecular flexibility index (Phi) is 6.41. The van der Waals surface area contributed by atoms with Crippen LogP contribution in [0.25, 0.3) is 0 Å². The molecule has 0 saturated carbocycles. The lowest BCUT2D eigenvalue weighted by Crippen LogP contribution is -2.44. The van der Waals surface area contributed by atoms with Crippen molar-refractivity contribution in [2.75, 3.05) is 11.9 Å². The van der Waals surface area contributed by atoms with E-state index in [1.165, 1.54) is 0 Å². The number of hydrogen-bond donors (Lipinski definition) is 4. The molecule has 8 heteroatoms. The van der Waals surface area contributed by atoms with Gasteiger partial charge in [0.25, 0.3) is 0 Å². The average Bonchev–Trinajstić information content (AvgIpc) is 2.41.